The highest BCUT2D eigenvalue weighted by Gasteiger charge is 2.07. The molecule has 0 bridgehead atoms. The van der Waals surface area contributed by atoms with Crippen LogP contribution >= 0.6 is 0 Å². The second kappa shape index (κ2) is 2.91. The topological polar surface area (TPSA) is 0 Å². The van der Waals surface area contributed by atoms with Crippen molar-refractivity contribution in [2.75, 3.05) is 0 Å². The molecule has 8 heavy (non-hydrogen) atoms. The van der Waals surface area contributed by atoms with Crippen LogP contribution < -0.4 is 0 Å². The number of hydrogen-bond donors (Lipinski definition) is 0. The molecular formula is C8H16. The van der Waals surface area contributed by atoms with Gasteiger partial charge >= 0.3 is 0 Å². The summed E-state index contributed by atoms with van der Waals surface area (Å²) >= 11 is 0. The lowest BCUT2D eigenvalue weighted by molar-refractivity contribution is 0.461. The van der Waals surface area contributed by atoms with Crippen LogP contribution in [-0.2, 0) is 0 Å². The molecule has 0 fully saturated rings. The van der Waals surface area contributed by atoms with E-state index < -0.39 is 0 Å². The molecule has 0 unspecified atom stereocenters. The van der Waals surface area contributed by atoms with Crippen molar-refractivity contribution < 1.29 is 0 Å². The van der Waals surface area contributed by atoms with E-state index in [9.17, 15) is 0 Å². The van der Waals surface area contributed by atoms with Gasteiger partial charge in [-0.3, -0.25) is 0 Å². The molecule has 0 aliphatic carbocycles. The standard InChI is InChI=1S/C8H16/c1-5-7-8(3,4)6-2/h5,7H,6H2,1-4H3/b7-5+. The van der Waals surface area contributed by atoms with Crippen LogP contribution in [0.2, 0.25) is 0 Å². The van der Waals surface area contributed by atoms with E-state index in [1.807, 2.05) is 0 Å². The van der Waals surface area contributed by atoms with Gasteiger partial charge in [0.15, 0.2) is 0 Å². The first-order valence-corrected chi connectivity index (χ1v) is 3.26. The molecule has 0 rings (SSSR count). The Kier molecular flexibility index (Phi) is 2.81. The van der Waals surface area contributed by atoms with Crippen LogP contribution in [0, 0.1) is 5.41 Å². The van der Waals surface area contributed by atoms with Gasteiger partial charge in [0.25, 0.3) is 0 Å². The van der Waals surface area contributed by atoms with Crippen LogP contribution in [0.4, 0.5) is 0 Å². The maximum atomic E-state index is 2.24. The maximum absolute atomic E-state index is 2.24. The van der Waals surface area contributed by atoms with Gasteiger partial charge in [-0.05, 0) is 18.8 Å². The number of rotatable bonds is 2. The second-order valence-corrected chi connectivity index (χ2v) is 2.84. The molecule has 0 aromatic carbocycles. The molecule has 0 nitrogen and oxygen atoms in total. The first kappa shape index (κ1) is 7.74. The zero-order valence-corrected chi connectivity index (χ0v) is 6.36. The van der Waals surface area contributed by atoms with Gasteiger partial charge in [0.2, 0.25) is 0 Å². The average Bonchev–Trinajstić information content (AvgIpc) is 1.67. The number of hydrogen-bond acceptors (Lipinski definition) is 0. The first-order valence-electron chi connectivity index (χ1n) is 3.26. The molecule has 0 heterocycles. The minimum Gasteiger partial charge on any atom is -0.0911 e. The van der Waals surface area contributed by atoms with Crippen LogP contribution in [0.3, 0.4) is 0 Å². The second-order valence-electron chi connectivity index (χ2n) is 2.84. The number of allylic oxidation sites excluding steroid dienone is 2. The van der Waals surface area contributed by atoms with Gasteiger partial charge in [0.05, 0.1) is 0 Å². The lowest BCUT2D eigenvalue weighted by Gasteiger charge is -2.15. The lowest BCUT2D eigenvalue weighted by atomic mass is 9.90. The third-order valence-corrected chi connectivity index (χ3v) is 1.53. The van der Waals surface area contributed by atoms with Crippen LogP contribution in [-0.4, -0.2) is 0 Å². The Morgan fingerprint density at radius 3 is 2.00 bits per heavy atom. The quantitative estimate of drug-likeness (QED) is 0.482. The van der Waals surface area contributed by atoms with Crippen LogP contribution in [0.1, 0.15) is 34.1 Å². The van der Waals surface area contributed by atoms with Crippen molar-refractivity contribution in [3.8, 4) is 0 Å². The summed E-state index contributed by atoms with van der Waals surface area (Å²) in [7, 11) is 0. The summed E-state index contributed by atoms with van der Waals surface area (Å²) < 4.78 is 0. The zero-order valence-electron chi connectivity index (χ0n) is 6.36. The van der Waals surface area contributed by atoms with Crippen molar-refractivity contribution in [1.82, 2.24) is 0 Å². The van der Waals surface area contributed by atoms with E-state index in [-0.39, 0.29) is 0 Å². The van der Waals surface area contributed by atoms with Crippen molar-refractivity contribution in [3.63, 3.8) is 0 Å². The van der Waals surface area contributed by atoms with E-state index in [1.165, 1.54) is 6.42 Å². The Bertz CT molecular complexity index is 78.0. The lowest BCUT2D eigenvalue weighted by Crippen LogP contribution is -2.03. The fraction of sp³-hybridized carbons (Fsp3) is 0.750. The third-order valence-electron chi connectivity index (χ3n) is 1.53. The van der Waals surface area contributed by atoms with Gasteiger partial charge in [-0.1, -0.05) is 32.9 Å². The summed E-state index contributed by atoms with van der Waals surface area (Å²) in [4.78, 5) is 0. The van der Waals surface area contributed by atoms with E-state index >= 15 is 0 Å². The van der Waals surface area contributed by atoms with Gasteiger partial charge in [0, 0.05) is 0 Å². The van der Waals surface area contributed by atoms with Crippen LogP contribution in [0.15, 0.2) is 12.2 Å². The molecule has 0 radical (unpaired) electrons. The molecule has 0 saturated carbocycles. The highest BCUT2D eigenvalue weighted by atomic mass is 14.1. The Morgan fingerprint density at radius 2 is 1.88 bits per heavy atom. The van der Waals surface area contributed by atoms with Crippen molar-refractivity contribution in [2.45, 2.75) is 34.1 Å². The van der Waals surface area contributed by atoms with E-state index in [4.69, 9.17) is 0 Å². The summed E-state index contributed by atoms with van der Waals surface area (Å²) in [5.41, 5.74) is 0.411. The molecule has 0 amide bonds. The first-order chi connectivity index (χ1) is 3.62. The molecule has 48 valence electrons. The molecule has 0 N–H and O–H groups in total. The molecule has 0 heteroatoms. The van der Waals surface area contributed by atoms with Gasteiger partial charge < -0.3 is 0 Å². The molecule has 0 aromatic heterocycles. The van der Waals surface area contributed by atoms with Crippen molar-refractivity contribution in [1.29, 1.82) is 0 Å². The predicted molar refractivity (Wildman–Crippen MR) is 38.9 cm³/mol. The molecule has 0 aliphatic heterocycles. The fourth-order valence-electron chi connectivity index (χ4n) is 0.569. The Morgan fingerprint density at radius 1 is 1.38 bits per heavy atom. The normalized spacial score (nSPS) is 13.0. The van der Waals surface area contributed by atoms with Crippen molar-refractivity contribution >= 4 is 0 Å². The average molecular weight is 112 g/mol. The largest absolute Gasteiger partial charge is 0.0911 e. The van der Waals surface area contributed by atoms with Gasteiger partial charge in [-0.2, -0.15) is 0 Å². The van der Waals surface area contributed by atoms with Gasteiger partial charge in [-0.15, -0.1) is 0 Å². The zero-order chi connectivity index (χ0) is 6.62. The molecule has 0 aliphatic rings. The Hall–Kier alpha value is -0.260. The summed E-state index contributed by atoms with van der Waals surface area (Å²) in [6, 6.07) is 0. The van der Waals surface area contributed by atoms with Gasteiger partial charge in [0.1, 0.15) is 0 Å². The van der Waals surface area contributed by atoms with E-state index in [2.05, 4.69) is 39.8 Å². The molecule has 0 atom stereocenters. The molecule has 0 aromatic rings. The predicted octanol–water partition coefficient (Wildman–Crippen LogP) is 3.00. The highest BCUT2D eigenvalue weighted by molar-refractivity contribution is 4.91. The Balaban J connectivity index is 3.71. The molecule has 0 saturated heterocycles. The monoisotopic (exact) mass is 112 g/mol. The van der Waals surface area contributed by atoms with Crippen molar-refractivity contribution in [3.05, 3.63) is 12.2 Å². The third kappa shape index (κ3) is 2.84. The van der Waals surface area contributed by atoms with E-state index in [1.54, 1.807) is 0 Å². The summed E-state index contributed by atoms with van der Waals surface area (Å²) in [5, 5.41) is 0. The van der Waals surface area contributed by atoms with Gasteiger partial charge in [-0.25, -0.2) is 0 Å². The minimum atomic E-state index is 0.411. The fourth-order valence-corrected chi connectivity index (χ4v) is 0.569. The Labute approximate surface area is 52.6 Å². The highest BCUT2D eigenvalue weighted by Crippen LogP contribution is 2.20. The SMILES string of the molecule is C/C=C/C(C)(C)CC. The van der Waals surface area contributed by atoms with Crippen LogP contribution in [0.25, 0.3) is 0 Å². The van der Waals surface area contributed by atoms with Crippen molar-refractivity contribution in [2.24, 2.45) is 5.41 Å². The van der Waals surface area contributed by atoms with E-state index in [0.717, 1.165) is 0 Å². The summed E-state index contributed by atoms with van der Waals surface area (Å²) in [6.45, 7) is 8.76. The van der Waals surface area contributed by atoms with Crippen LogP contribution in [0.5, 0.6) is 0 Å². The smallest absolute Gasteiger partial charge is 0.0178 e. The minimum absolute atomic E-state index is 0.411. The molecule has 0 spiro atoms. The van der Waals surface area contributed by atoms with E-state index in [0.29, 0.717) is 5.41 Å². The maximum Gasteiger partial charge on any atom is -0.0178 e. The summed E-state index contributed by atoms with van der Waals surface area (Å²) in [6.07, 6.45) is 5.58. The summed E-state index contributed by atoms with van der Waals surface area (Å²) in [5.74, 6) is 0. The molecular weight excluding hydrogens is 96.1 g/mol.